The van der Waals surface area contributed by atoms with E-state index in [9.17, 15) is 0 Å². The van der Waals surface area contributed by atoms with Crippen LogP contribution < -0.4 is 0 Å². The Morgan fingerprint density at radius 2 is 1.89 bits per heavy atom. The van der Waals surface area contributed by atoms with E-state index in [2.05, 4.69) is 32.3 Å². The van der Waals surface area contributed by atoms with Gasteiger partial charge in [0.1, 0.15) is 5.52 Å². The number of nitrogens with zero attached hydrogens (tertiary/aromatic N) is 6. The third-order valence-corrected chi connectivity index (χ3v) is 4.80. The number of fused-ring (bicyclic) bond motifs is 1. The fourth-order valence-electron chi connectivity index (χ4n) is 3.45. The molecule has 1 N–H and O–H groups in total. The van der Waals surface area contributed by atoms with Crippen molar-refractivity contribution >= 4 is 11.2 Å². The lowest BCUT2D eigenvalue weighted by atomic mass is 10.1. The number of hydrogen-bond acceptors (Lipinski definition) is 4. The molecule has 7 nitrogen and oxygen atoms in total. The van der Waals surface area contributed by atoms with Crippen LogP contribution in [0.1, 0.15) is 11.3 Å². The summed E-state index contributed by atoms with van der Waals surface area (Å²) in [5.41, 5.74) is 7.55. The van der Waals surface area contributed by atoms with Crippen molar-refractivity contribution in [1.29, 1.82) is 0 Å². The summed E-state index contributed by atoms with van der Waals surface area (Å²) in [6.45, 7) is 2.71. The van der Waals surface area contributed by atoms with Gasteiger partial charge in [0.05, 0.1) is 30.3 Å². The predicted octanol–water partition coefficient (Wildman–Crippen LogP) is 3.58. The Morgan fingerprint density at radius 1 is 1.04 bits per heavy atom. The Kier molecular flexibility index (Phi) is 3.79. The number of H-pyrrole nitrogens is 1. The quantitative estimate of drug-likeness (QED) is 0.525. The molecule has 0 aliphatic rings. The zero-order chi connectivity index (χ0) is 19.1. The molecule has 7 heteroatoms. The summed E-state index contributed by atoms with van der Waals surface area (Å²) < 4.78 is 3.73. The largest absolute Gasteiger partial charge is 0.344 e. The molecule has 0 unspecified atom stereocenters. The molecule has 4 heterocycles. The summed E-state index contributed by atoms with van der Waals surface area (Å²) in [7, 11) is 1.91. The van der Waals surface area contributed by atoms with Crippen molar-refractivity contribution < 1.29 is 0 Å². The first-order chi connectivity index (χ1) is 13.7. The lowest BCUT2D eigenvalue weighted by Crippen LogP contribution is -1.99. The lowest BCUT2D eigenvalue weighted by molar-refractivity contribution is 0.687. The van der Waals surface area contributed by atoms with Crippen LogP contribution in [0, 0.1) is 6.92 Å². The molecule has 4 aromatic heterocycles. The molecule has 0 fully saturated rings. The summed E-state index contributed by atoms with van der Waals surface area (Å²) >= 11 is 0. The molecular formula is C21H19N7. The van der Waals surface area contributed by atoms with Crippen LogP contribution in [0.15, 0.2) is 61.3 Å². The van der Waals surface area contributed by atoms with Gasteiger partial charge in [-0.1, -0.05) is 30.3 Å². The number of aryl methyl sites for hydroxylation is 2. The molecule has 0 spiro atoms. The van der Waals surface area contributed by atoms with Crippen molar-refractivity contribution in [3.05, 3.63) is 72.6 Å². The van der Waals surface area contributed by atoms with E-state index in [0.717, 1.165) is 45.8 Å². The minimum Gasteiger partial charge on any atom is -0.344 e. The Hall–Kier alpha value is -3.74. The monoisotopic (exact) mass is 369 g/mol. The minimum atomic E-state index is 0.731. The van der Waals surface area contributed by atoms with Gasteiger partial charge in [-0.2, -0.15) is 10.2 Å². The van der Waals surface area contributed by atoms with Crippen molar-refractivity contribution in [2.24, 2.45) is 7.05 Å². The summed E-state index contributed by atoms with van der Waals surface area (Å²) in [6, 6.07) is 10.3. The Balaban J connectivity index is 1.53. The first-order valence-electron chi connectivity index (χ1n) is 9.09. The number of rotatable bonds is 4. The summed E-state index contributed by atoms with van der Waals surface area (Å²) in [4.78, 5) is 12.6. The maximum atomic E-state index is 4.87. The molecule has 138 valence electrons. The van der Waals surface area contributed by atoms with E-state index in [1.165, 1.54) is 5.56 Å². The van der Waals surface area contributed by atoms with Crippen LogP contribution in [0.5, 0.6) is 0 Å². The van der Waals surface area contributed by atoms with Gasteiger partial charge in [-0.3, -0.25) is 9.36 Å². The van der Waals surface area contributed by atoms with Gasteiger partial charge in [-0.15, -0.1) is 0 Å². The fraction of sp³-hybridized carbons (Fsp3) is 0.143. The Morgan fingerprint density at radius 3 is 2.68 bits per heavy atom. The molecule has 28 heavy (non-hydrogen) atoms. The molecule has 5 aromatic rings. The fourth-order valence-corrected chi connectivity index (χ4v) is 3.45. The average molecular weight is 369 g/mol. The highest BCUT2D eigenvalue weighted by Gasteiger charge is 2.14. The topological polar surface area (TPSA) is 77.2 Å². The van der Waals surface area contributed by atoms with Gasteiger partial charge in [0.25, 0.3) is 0 Å². The van der Waals surface area contributed by atoms with Crippen LogP contribution in [-0.4, -0.2) is 34.5 Å². The maximum absolute atomic E-state index is 4.87. The standard InChI is InChI=1S/C21H19N7/c1-14-18(13-27(2)26-14)19-10-23-21-20(25-19)17(9-22-21)16-8-24-28(12-16)11-15-6-4-3-5-7-15/h3-10,12-13H,11H2,1-2H3,(H,22,23). The number of hydrogen-bond donors (Lipinski definition) is 1. The zero-order valence-corrected chi connectivity index (χ0v) is 15.7. The van der Waals surface area contributed by atoms with E-state index in [1.807, 2.05) is 61.6 Å². The number of aromatic nitrogens is 7. The molecule has 0 saturated heterocycles. The van der Waals surface area contributed by atoms with Gasteiger partial charge >= 0.3 is 0 Å². The Bertz CT molecular complexity index is 1260. The van der Waals surface area contributed by atoms with Gasteiger partial charge in [0, 0.05) is 42.3 Å². The molecule has 0 aliphatic carbocycles. The molecule has 0 radical (unpaired) electrons. The maximum Gasteiger partial charge on any atom is 0.156 e. The van der Waals surface area contributed by atoms with Crippen molar-refractivity contribution in [2.45, 2.75) is 13.5 Å². The number of nitrogens with one attached hydrogen (secondary N) is 1. The highest BCUT2D eigenvalue weighted by molar-refractivity contribution is 5.91. The first-order valence-corrected chi connectivity index (χ1v) is 9.09. The second-order valence-electron chi connectivity index (χ2n) is 6.87. The van der Waals surface area contributed by atoms with E-state index < -0.39 is 0 Å². The summed E-state index contributed by atoms with van der Waals surface area (Å²) in [5.74, 6) is 0. The van der Waals surface area contributed by atoms with Crippen LogP contribution in [0.2, 0.25) is 0 Å². The summed E-state index contributed by atoms with van der Waals surface area (Å²) in [5, 5.41) is 8.92. The molecule has 0 atom stereocenters. The van der Waals surface area contributed by atoms with Crippen LogP contribution in [0.3, 0.4) is 0 Å². The Labute approximate surface area is 161 Å². The van der Waals surface area contributed by atoms with E-state index in [1.54, 1.807) is 10.9 Å². The highest BCUT2D eigenvalue weighted by atomic mass is 15.3. The second kappa shape index (κ2) is 6.45. The van der Waals surface area contributed by atoms with Crippen LogP contribution in [0.25, 0.3) is 33.5 Å². The molecule has 0 saturated carbocycles. The van der Waals surface area contributed by atoms with E-state index in [4.69, 9.17) is 4.98 Å². The van der Waals surface area contributed by atoms with Crippen molar-refractivity contribution in [3.8, 4) is 22.4 Å². The van der Waals surface area contributed by atoms with Gasteiger partial charge in [0.2, 0.25) is 0 Å². The minimum absolute atomic E-state index is 0.731. The van der Waals surface area contributed by atoms with E-state index in [-0.39, 0.29) is 0 Å². The van der Waals surface area contributed by atoms with Crippen LogP contribution in [-0.2, 0) is 13.6 Å². The predicted molar refractivity (Wildman–Crippen MR) is 108 cm³/mol. The number of benzene rings is 1. The average Bonchev–Trinajstić information content (AvgIpc) is 3.40. The first kappa shape index (κ1) is 16.4. The highest BCUT2D eigenvalue weighted by Crippen LogP contribution is 2.29. The molecule has 0 aliphatic heterocycles. The molecule has 5 rings (SSSR count). The van der Waals surface area contributed by atoms with Crippen molar-refractivity contribution in [1.82, 2.24) is 34.5 Å². The SMILES string of the molecule is Cc1nn(C)cc1-c1cnc2[nH]cc(-c3cnn(Cc4ccccc4)c3)c2n1. The summed E-state index contributed by atoms with van der Waals surface area (Å²) in [6.07, 6.45) is 9.60. The van der Waals surface area contributed by atoms with E-state index >= 15 is 0 Å². The second-order valence-corrected chi connectivity index (χ2v) is 6.87. The third kappa shape index (κ3) is 2.87. The van der Waals surface area contributed by atoms with Crippen LogP contribution >= 0.6 is 0 Å². The lowest BCUT2D eigenvalue weighted by Gasteiger charge is -2.01. The van der Waals surface area contributed by atoms with Gasteiger partial charge in [-0.05, 0) is 12.5 Å². The molecule has 0 bridgehead atoms. The van der Waals surface area contributed by atoms with Crippen LogP contribution in [0.4, 0.5) is 0 Å². The van der Waals surface area contributed by atoms with Gasteiger partial charge in [-0.25, -0.2) is 9.97 Å². The van der Waals surface area contributed by atoms with E-state index in [0.29, 0.717) is 0 Å². The van der Waals surface area contributed by atoms with Gasteiger partial charge < -0.3 is 4.98 Å². The third-order valence-electron chi connectivity index (χ3n) is 4.80. The smallest absolute Gasteiger partial charge is 0.156 e. The molecular weight excluding hydrogens is 350 g/mol. The number of aromatic amines is 1. The van der Waals surface area contributed by atoms with Crippen molar-refractivity contribution in [3.63, 3.8) is 0 Å². The zero-order valence-electron chi connectivity index (χ0n) is 15.7. The molecule has 1 aromatic carbocycles. The van der Waals surface area contributed by atoms with Crippen molar-refractivity contribution in [2.75, 3.05) is 0 Å². The van der Waals surface area contributed by atoms with Gasteiger partial charge in [0.15, 0.2) is 5.65 Å². The normalized spacial score (nSPS) is 11.4. The molecule has 0 amide bonds.